The van der Waals surface area contributed by atoms with Gasteiger partial charge in [-0.05, 0) is 26.8 Å². The van der Waals surface area contributed by atoms with Gasteiger partial charge < -0.3 is 10.1 Å². The molecule has 21 heavy (non-hydrogen) atoms. The second-order valence-corrected chi connectivity index (χ2v) is 8.89. The van der Waals surface area contributed by atoms with E-state index in [-0.39, 0.29) is 9.77 Å². The predicted molar refractivity (Wildman–Crippen MR) is 81.1 cm³/mol. The summed E-state index contributed by atoms with van der Waals surface area (Å²) in [5, 5.41) is 4.64. The SMILES string of the molecule is CC(C)(C)OC(=O)c1csc(S(=O)(=O)N2CCNCC2)c1. The van der Waals surface area contributed by atoms with E-state index in [1.165, 1.54) is 15.8 Å². The Morgan fingerprint density at radius 3 is 2.52 bits per heavy atom. The molecule has 1 aromatic heterocycles. The van der Waals surface area contributed by atoms with Crippen LogP contribution in [-0.2, 0) is 14.8 Å². The van der Waals surface area contributed by atoms with Crippen molar-refractivity contribution in [2.45, 2.75) is 30.6 Å². The highest BCUT2D eigenvalue weighted by Gasteiger charge is 2.28. The largest absolute Gasteiger partial charge is 0.456 e. The number of hydrogen-bond acceptors (Lipinski definition) is 6. The van der Waals surface area contributed by atoms with Crippen LogP contribution in [0.2, 0.25) is 0 Å². The van der Waals surface area contributed by atoms with Gasteiger partial charge in [-0.1, -0.05) is 0 Å². The normalized spacial score (nSPS) is 17.7. The number of esters is 1. The Morgan fingerprint density at radius 1 is 1.33 bits per heavy atom. The molecule has 6 nitrogen and oxygen atoms in total. The maximum Gasteiger partial charge on any atom is 0.339 e. The summed E-state index contributed by atoms with van der Waals surface area (Å²) in [6, 6.07) is 1.40. The van der Waals surface area contributed by atoms with E-state index < -0.39 is 21.6 Å². The number of nitrogens with one attached hydrogen (secondary N) is 1. The van der Waals surface area contributed by atoms with Crippen molar-refractivity contribution < 1.29 is 17.9 Å². The van der Waals surface area contributed by atoms with Gasteiger partial charge in [-0.2, -0.15) is 4.31 Å². The van der Waals surface area contributed by atoms with Crippen LogP contribution in [0, 0.1) is 0 Å². The van der Waals surface area contributed by atoms with E-state index in [9.17, 15) is 13.2 Å². The van der Waals surface area contributed by atoms with Crippen molar-refractivity contribution in [2.75, 3.05) is 26.2 Å². The molecule has 0 aliphatic carbocycles. The third kappa shape index (κ3) is 4.03. The molecule has 0 saturated carbocycles. The van der Waals surface area contributed by atoms with E-state index >= 15 is 0 Å². The van der Waals surface area contributed by atoms with E-state index in [1.807, 2.05) is 0 Å². The zero-order chi connectivity index (χ0) is 15.7. The van der Waals surface area contributed by atoms with Crippen LogP contribution in [0.1, 0.15) is 31.1 Å². The lowest BCUT2D eigenvalue weighted by Gasteiger charge is -2.25. The number of carbonyl (C=O) groups excluding carboxylic acids is 1. The number of hydrogen-bond donors (Lipinski definition) is 1. The third-order valence-electron chi connectivity index (χ3n) is 2.88. The number of piperazine rings is 1. The standard InChI is InChI=1S/C13H20N2O4S2/c1-13(2,3)19-12(16)10-8-11(20-9-10)21(17,18)15-6-4-14-5-7-15/h8-9,14H,4-7H2,1-3H3. The minimum atomic E-state index is -3.51. The Morgan fingerprint density at radius 2 is 1.95 bits per heavy atom. The van der Waals surface area contributed by atoms with Crippen molar-refractivity contribution in [3.63, 3.8) is 0 Å². The fourth-order valence-corrected chi connectivity index (χ4v) is 4.65. The number of sulfonamides is 1. The predicted octanol–water partition coefficient (Wildman–Crippen LogP) is 1.30. The Bertz CT molecular complexity index is 610. The summed E-state index contributed by atoms with van der Waals surface area (Å²) in [6.45, 7) is 7.50. The molecule has 1 aromatic rings. The summed E-state index contributed by atoms with van der Waals surface area (Å²) >= 11 is 1.05. The van der Waals surface area contributed by atoms with Gasteiger partial charge in [0.2, 0.25) is 0 Å². The molecule has 0 spiro atoms. The molecule has 0 radical (unpaired) electrons. The molecule has 1 aliphatic heterocycles. The summed E-state index contributed by atoms with van der Waals surface area (Å²) in [7, 11) is -3.51. The molecule has 118 valence electrons. The van der Waals surface area contributed by atoms with Crippen molar-refractivity contribution >= 4 is 27.3 Å². The van der Waals surface area contributed by atoms with Crippen LogP contribution in [0.5, 0.6) is 0 Å². The Labute approximate surface area is 129 Å². The second kappa shape index (κ2) is 6.04. The first-order chi connectivity index (χ1) is 9.70. The molecule has 1 fully saturated rings. The minimum absolute atomic E-state index is 0.185. The van der Waals surface area contributed by atoms with Gasteiger partial charge in [0.15, 0.2) is 0 Å². The molecule has 2 heterocycles. The van der Waals surface area contributed by atoms with Gasteiger partial charge in [-0.25, -0.2) is 13.2 Å². The molecule has 0 unspecified atom stereocenters. The van der Waals surface area contributed by atoms with Crippen LogP contribution >= 0.6 is 11.3 Å². The van der Waals surface area contributed by atoms with Gasteiger partial charge in [0.05, 0.1) is 5.56 Å². The smallest absolute Gasteiger partial charge is 0.339 e. The van der Waals surface area contributed by atoms with Crippen molar-refractivity contribution in [2.24, 2.45) is 0 Å². The van der Waals surface area contributed by atoms with Crippen molar-refractivity contribution in [3.05, 3.63) is 17.0 Å². The van der Waals surface area contributed by atoms with E-state index in [0.29, 0.717) is 26.2 Å². The molecule has 8 heteroatoms. The van der Waals surface area contributed by atoms with Crippen LogP contribution < -0.4 is 5.32 Å². The highest BCUT2D eigenvalue weighted by molar-refractivity contribution is 7.91. The maximum atomic E-state index is 12.5. The molecule has 2 rings (SSSR count). The minimum Gasteiger partial charge on any atom is -0.456 e. The average Bonchev–Trinajstić information content (AvgIpc) is 2.88. The van der Waals surface area contributed by atoms with E-state index in [0.717, 1.165) is 11.3 Å². The van der Waals surface area contributed by atoms with Crippen molar-refractivity contribution in [3.8, 4) is 0 Å². The number of rotatable bonds is 3. The van der Waals surface area contributed by atoms with Crippen molar-refractivity contribution in [1.82, 2.24) is 9.62 Å². The van der Waals surface area contributed by atoms with Crippen LogP contribution in [0.3, 0.4) is 0 Å². The number of thiophene rings is 1. The molecule has 1 aliphatic rings. The van der Waals surface area contributed by atoms with Gasteiger partial charge in [-0.15, -0.1) is 11.3 Å². The summed E-state index contributed by atoms with van der Waals surface area (Å²) < 4.78 is 31.8. The van der Waals surface area contributed by atoms with Gasteiger partial charge in [0.25, 0.3) is 10.0 Å². The lowest BCUT2D eigenvalue weighted by atomic mass is 10.2. The summed E-state index contributed by atoms with van der Waals surface area (Å²) in [6.07, 6.45) is 0. The average molecular weight is 332 g/mol. The number of ether oxygens (including phenoxy) is 1. The lowest BCUT2D eigenvalue weighted by Crippen LogP contribution is -2.46. The summed E-state index contributed by atoms with van der Waals surface area (Å²) in [5.74, 6) is -0.500. The van der Waals surface area contributed by atoms with Crippen LogP contribution in [-0.4, -0.2) is 50.5 Å². The zero-order valence-corrected chi connectivity index (χ0v) is 14.0. The van der Waals surface area contributed by atoms with E-state index in [2.05, 4.69) is 5.32 Å². The van der Waals surface area contributed by atoms with Crippen molar-refractivity contribution in [1.29, 1.82) is 0 Å². The zero-order valence-electron chi connectivity index (χ0n) is 12.4. The monoisotopic (exact) mass is 332 g/mol. The molecular weight excluding hydrogens is 312 g/mol. The number of carbonyl (C=O) groups is 1. The van der Waals surface area contributed by atoms with Crippen LogP contribution in [0.4, 0.5) is 0 Å². The first kappa shape index (κ1) is 16.4. The van der Waals surface area contributed by atoms with E-state index in [4.69, 9.17) is 4.74 Å². The Hall–Kier alpha value is -0.960. The molecule has 1 saturated heterocycles. The first-order valence-corrected chi connectivity index (χ1v) is 9.05. The van der Waals surface area contributed by atoms with Crippen LogP contribution in [0.25, 0.3) is 0 Å². The maximum absolute atomic E-state index is 12.5. The highest BCUT2D eigenvalue weighted by atomic mass is 32.2. The Balaban J connectivity index is 2.17. The van der Waals surface area contributed by atoms with E-state index in [1.54, 1.807) is 20.8 Å². The summed E-state index contributed by atoms with van der Waals surface area (Å²) in [4.78, 5) is 11.9. The molecule has 0 aromatic carbocycles. The van der Waals surface area contributed by atoms with Gasteiger partial charge in [0, 0.05) is 31.6 Å². The molecule has 0 amide bonds. The molecule has 0 atom stereocenters. The van der Waals surface area contributed by atoms with Crippen LogP contribution in [0.15, 0.2) is 15.7 Å². The first-order valence-electron chi connectivity index (χ1n) is 6.73. The third-order valence-corrected chi connectivity index (χ3v) is 6.19. The fraction of sp³-hybridized carbons (Fsp3) is 0.615. The topological polar surface area (TPSA) is 75.7 Å². The molecule has 1 N–H and O–H groups in total. The van der Waals surface area contributed by atoms with Gasteiger partial charge >= 0.3 is 5.97 Å². The Kier molecular flexibility index (Phi) is 4.72. The second-order valence-electron chi connectivity index (χ2n) is 5.81. The lowest BCUT2D eigenvalue weighted by molar-refractivity contribution is 0.00700. The van der Waals surface area contributed by atoms with Gasteiger partial charge in [-0.3, -0.25) is 0 Å². The number of nitrogens with zero attached hydrogens (tertiary/aromatic N) is 1. The quantitative estimate of drug-likeness (QED) is 0.844. The molecule has 0 bridgehead atoms. The summed E-state index contributed by atoms with van der Waals surface area (Å²) in [5.41, 5.74) is -0.319. The molecular formula is C13H20N2O4S2. The van der Waals surface area contributed by atoms with Gasteiger partial charge in [0.1, 0.15) is 9.81 Å². The fourth-order valence-electron chi connectivity index (χ4n) is 1.91. The highest BCUT2D eigenvalue weighted by Crippen LogP contribution is 2.25.